The second kappa shape index (κ2) is 9.22. The Hall–Kier alpha value is -3.79. The molecule has 4 heterocycles. The van der Waals surface area contributed by atoms with Crippen molar-refractivity contribution in [2.24, 2.45) is 0 Å². The van der Waals surface area contributed by atoms with Crippen LogP contribution >= 0.6 is 0 Å². The summed E-state index contributed by atoms with van der Waals surface area (Å²) in [6.07, 6.45) is 0. The summed E-state index contributed by atoms with van der Waals surface area (Å²) < 4.78 is 20.0. The van der Waals surface area contributed by atoms with E-state index in [0.717, 1.165) is 37.6 Å². The van der Waals surface area contributed by atoms with Gasteiger partial charge < -0.3 is 20.3 Å². The fourth-order valence-electron chi connectivity index (χ4n) is 4.23. The van der Waals surface area contributed by atoms with Crippen molar-refractivity contribution in [2.45, 2.75) is 13.8 Å². The predicted octanol–water partition coefficient (Wildman–Crippen LogP) is 3.14. The van der Waals surface area contributed by atoms with Crippen LogP contribution in [0, 0.1) is 19.7 Å². The first-order valence-electron chi connectivity index (χ1n) is 11.3. The average Bonchev–Trinajstić information content (AvgIpc) is 2.83. The molecule has 0 bridgehead atoms. The largest absolute Gasteiger partial charge is 0.485 e. The first kappa shape index (κ1) is 22.0. The van der Waals surface area contributed by atoms with Gasteiger partial charge in [-0.2, -0.15) is 0 Å². The van der Waals surface area contributed by atoms with Crippen LogP contribution in [0.3, 0.4) is 0 Å². The van der Waals surface area contributed by atoms with Crippen molar-refractivity contribution >= 4 is 23.4 Å². The second-order valence-corrected chi connectivity index (χ2v) is 8.34. The molecule has 0 radical (unpaired) electrons. The smallest absolute Gasteiger partial charge is 0.327 e. The van der Waals surface area contributed by atoms with Gasteiger partial charge in [0.2, 0.25) is 5.75 Å². The lowest BCUT2D eigenvalue weighted by Gasteiger charge is -2.34. The first-order valence-corrected chi connectivity index (χ1v) is 11.3. The number of carbonyl (C=O) groups excluding carboxylic acids is 1. The molecule has 1 saturated heterocycles. The van der Waals surface area contributed by atoms with Gasteiger partial charge in [0.25, 0.3) is 0 Å². The number of rotatable bonds is 3. The van der Waals surface area contributed by atoms with Crippen LogP contribution in [0.4, 0.5) is 26.5 Å². The van der Waals surface area contributed by atoms with Crippen molar-refractivity contribution in [1.29, 1.82) is 0 Å². The van der Waals surface area contributed by atoms with E-state index in [1.165, 1.54) is 12.1 Å². The fraction of sp³-hybridized carbons (Fsp3) is 0.333. The molecule has 0 unspecified atom stereocenters. The third-order valence-corrected chi connectivity index (χ3v) is 5.72. The Labute approximate surface area is 197 Å². The van der Waals surface area contributed by atoms with Crippen LogP contribution in [0.25, 0.3) is 11.4 Å². The second-order valence-electron chi connectivity index (χ2n) is 8.34. The Morgan fingerprint density at radius 1 is 1.03 bits per heavy atom. The number of piperazine rings is 1. The fourth-order valence-corrected chi connectivity index (χ4v) is 4.23. The Kier molecular flexibility index (Phi) is 5.97. The topological polar surface area (TPSA) is 95.5 Å². The maximum atomic E-state index is 14.0. The highest BCUT2D eigenvalue weighted by atomic mass is 19.1. The molecule has 2 aliphatic heterocycles. The summed E-state index contributed by atoms with van der Waals surface area (Å²) in [5.74, 6) is 1.40. The monoisotopic (exact) mass is 463 g/mol. The zero-order chi connectivity index (χ0) is 23.7. The van der Waals surface area contributed by atoms with Gasteiger partial charge in [0.15, 0.2) is 17.5 Å². The van der Waals surface area contributed by atoms with Gasteiger partial charge in [-0.15, -0.1) is 0 Å². The van der Waals surface area contributed by atoms with Crippen molar-refractivity contribution in [1.82, 2.24) is 20.3 Å². The average molecular weight is 464 g/mol. The zero-order valence-corrected chi connectivity index (χ0v) is 19.1. The number of halogens is 1. The molecule has 2 amide bonds. The van der Waals surface area contributed by atoms with E-state index in [-0.39, 0.29) is 11.8 Å². The van der Waals surface area contributed by atoms with Gasteiger partial charge in [0, 0.05) is 48.8 Å². The third kappa shape index (κ3) is 4.49. The number of anilines is 3. The van der Waals surface area contributed by atoms with E-state index in [4.69, 9.17) is 9.72 Å². The number of aryl methyl sites for hydroxylation is 2. The number of hydrogen-bond acceptors (Lipinski definition) is 7. The molecular formula is C24H26FN7O2. The van der Waals surface area contributed by atoms with Crippen molar-refractivity contribution in [3.8, 4) is 17.1 Å². The minimum absolute atomic E-state index is 0.316. The number of carbonyl (C=O) groups is 1. The van der Waals surface area contributed by atoms with Gasteiger partial charge >= 0.3 is 6.03 Å². The Bertz CT molecular complexity index is 1210. The van der Waals surface area contributed by atoms with E-state index in [1.807, 2.05) is 26.0 Å². The van der Waals surface area contributed by atoms with E-state index < -0.39 is 0 Å². The Morgan fingerprint density at radius 3 is 2.50 bits per heavy atom. The van der Waals surface area contributed by atoms with Crippen LogP contribution in [-0.2, 0) is 0 Å². The summed E-state index contributed by atoms with van der Waals surface area (Å²) in [7, 11) is 0. The van der Waals surface area contributed by atoms with Crippen LogP contribution in [0.2, 0.25) is 0 Å². The number of nitrogens with one attached hydrogen (secondary N) is 2. The number of hydrogen-bond donors (Lipinski definition) is 2. The van der Waals surface area contributed by atoms with Crippen molar-refractivity contribution in [3.05, 3.63) is 53.6 Å². The summed E-state index contributed by atoms with van der Waals surface area (Å²) in [6.45, 7) is 7.47. The van der Waals surface area contributed by atoms with Crippen LogP contribution in [-0.4, -0.2) is 60.3 Å². The Morgan fingerprint density at radius 2 is 1.76 bits per heavy atom. The molecule has 1 aromatic carbocycles. The molecule has 0 atom stereocenters. The molecule has 176 valence electrons. The molecule has 1 fully saturated rings. The van der Waals surface area contributed by atoms with Gasteiger partial charge in [-0.3, -0.25) is 9.88 Å². The summed E-state index contributed by atoms with van der Waals surface area (Å²) in [4.78, 5) is 30.8. The summed E-state index contributed by atoms with van der Waals surface area (Å²) >= 11 is 0. The van der Waals surface area contributed by atoms with E-state index >= 15 is 0 Å². The predicted molar refractivity (Wildman–Crippen MR) is 128 cm³/mol. The Balaban J connectivity index is 1.56. The van der Waals surface area contributed by atoms with Crippen LogP contribution in [0.15, 0.2) is 36.4 Å². The molecule has 34 heavy (non-hydrogen) atoms. The third-order valence-electron chi connectivity index (χ3n) is 5.72. The number of amides is 2. The van der Waals surface area contributed by atoms with Crippen LogP contribution in [0.1, 0.15) is 11.4 Å². The summed E-state index contributed by atoms with van der Waals surface area (Å²) in [5, 5.41) is 6.28. The standard InChI is InChI=1S/C24H26FN7O2/c1-15-12-19(13-16(2)27-15)28-24(33)32-10-11-34-20-22(31-8-6-26-7-9-31)29-21(30-23(20)32)17-4-3-5-18(25)14-17/h3-5,12-14,26H,6-11H2,1-2H3,(H,27,28,33). The van der Waals surface area contributed by atoms with E-state index in [9.17, 15) is 9.18 Å². The number of ether oxygens (including phenoxy) is 1. The highest BCUT2D eigenvalue weighted by Gasteiger charge is 2.32. The van der Waals surface area contributed by atoms with E-state index in [0.29, 0.717) is 47.6 Å². The molecule has 0 spiro atoms. The minimum atomic E-state index is -0.378. The number of aromatic nitrogens is 3. The number of nitrogens with zero attached hydrogens (tertiary/aromatic N) is 5. The maximum Gasteiger partial charge on any atom is 0.327 e. The molecule has 10 heteroatoms. The SMILES string of the molecule is Cc1cc(NC(=O)N2CCOc3c(N4CCNCC4)nc(-c4cccc(F)c4)nc32)cc(C)n1. The maximum absolute atomic E-state index is 14.0. The molecule has 0 saturated carbocycles. The molecular weight excluding hydrogens is 437 g/mol. The molecule has 0 aliphatic carbocycles. The lowest BCUT2D eigenvalue weighted by atomic mass is 10.2. The van der Waals surface area contributed by atoms with Crippen LogP contribution < -0.4 is 25.2 Å². The number of fused-ring (bicyclic) bond motifs is 1. The molecule has 9 nitrogen and oxygen atoms in total. The molecule has 2 aliphatic rings. The van der Waals surface area contributed by atoms with Gasteiger partial charge in [0.1, 0.15) is 12.4 Å². The minimum Gasteiger partial charge on any atom is -0.485 e. The zero-order valence-electron chi connectivity index (χ0n) is 19.1. The van der Waals surface area contributed by atoms with Crippen molar-refractivity contribution < 1.29 is 13.9 Å². The lowest BCUT2D eigenvalue weighted by Crippen LogP contribution is -2.45. The van der Waals surface area contributed by atoms with Gasteiger partial charge in [-0.05, 0) is 38.1 Å². The van der Waals surface area contributed by atoms with Gasteiger partial charge in [0.05, 0.1) is 6.54 Å². The number of urea groups is 1. The highest BCUT2D eigenvalue weighted by Crippen LogP contribution is 2.40. The normalized spacial score (nSPS) is 15.5. The summed E-state index contributed by atoms with van der Waals surface area (Å²) in [5.41, 5.74) is 2.82. The van der Waals surface area contributed by atoms with Crippen molar-refractivity contribution in [3.63, 3.8) is 0 Å². The van der Waals surface area contributed by atoms with Crippen LogP contribution in [0.5, 0.6) is 5.75 Å². The quantitative estimate of drug-likeness (QED) is 0.616. The number of benzene rings is 1. The molecule has 3 aromatic rings. The number of pyridine rings is 1. The molecule has 2 aromatic heterocycles. The first-order chi connectivity index (χ1) is 16.5. The lowest BCUT2D eigenvalue weighted by molar-refractivity contribution is 0.249. The molecule has 2 N–H and O–H groups in total. The summed E-state index contributed by atoms with van der Waals surface area (Å²) in [6, 6.07) is 9.44. The van der Waals surface area contributed by atoms with E-state index in [1.54, 1.807) is 17.0 Å². The molecule has 5 rings (SSSR count). The van der Waals surface area contributed by atoms with Gasteiger partial charge in [-0.25, -0.2) is 19.2 Å². The van der Waals surface area contributed by atoms with Gasteiger partial charge in [-0.1, -0.05) is 12.1 Å². The van der Waals surface area contributed by atoms with Crippen molar-refractivity contribution in [2.75, 3.05) is 54.4 Å². The highest BCUT2D eigenvalue weighted by molar-refractivity contribution is 6.03. The van der Waals surface area contributed by atoms with E-state index in [2.05, 4.69) is 25.5 Å².